The molecule has 1 saturated heterocycles. The zero-order chi connectivity index (χ0) is 7.90. The van der Waals surface area contributed by atoms with E-state index in [0.717, 1.165) is 12.5 Å². The lowest BCUT2D eigenvalue weighted by atomic mass is 9.66. The van der Waals surface area contributed by atoms with E-state index in [1.807, 2.05) is 0 Å². The van der Waals surface area contributed by atoms with Crippen LogP contribution in [0.25, 0.3) is 0 Å². The third-order valence-electron chi connectivity index (χ3n) is 3.75. The van der Waals surface area contributed by atoms with E-state index < -0.39 is 0 Å². The summed E-state index contributed by atoms with van der Waals surface area (Å²) in [4.78, 5) is 0. The topological polar surface area (TPSA) is 9.23 Å². The molecular weight excluding hydrogens is 136 g/mol. The number of hydrogen-bond donors (Lipinski definition) is 0. The molecule has 2 fully saturated rings. The quantitative estimate of drug-likeness (QED) is 0.521. The van der Waals surface area contributed by atoms with Crippen molar-refractivity contribution in [2.75, 3.05) is 6.61 Å². The first-order valence-electron chi connectivity index (χ1n) is 4.84. The first kappa shape index (κ1) is 7.60. The molecule has 0 bridgehead atoms. The Morgan fingerprint density at radius 2 is 1.82 bits per heavy atom. The van der Waals surface area contributed by atoms with Gasteiger partial charge in [-0.2, -0.15) is 0 Å². The maximum Gasteiger partial charge on any atom is 0.0625 e. The van der Waals surface area contributed by atoms with Gasteiger partial charge in [-0.1, -0.05) is 19.8 Å². The summed E-state index contributed by atoms with van der Waals surface area (Å²) in [6.45, 7) is 5.65. The van der Waals surface area contributed by atoms with Crippen LogP contribution in [0.15, 0.2) is 0 Å². The van der Waals surface area contributed by atoms with E-state index in [4.69, 9.17) is 4.74 Å². The Kier molecular flexibility index (Phi) is 1.71. The SMILES string of the molecule is CC1CCC2(CC1)CO[C@@H]2C. The van der Waals surface area contributed by atoms with Gasteiger partial charge < -0.3 is 4.74 Å². The van der Waals surface area contributed by atoms with Crippen molar-refractivity contribution in [2.45, 2.75) is 45.6 Å². The van der Waals surface area contributed by atoms with Crippen molar-refractivity contribution in [1.82, 2.24) is 0 Å². The summed E-state index contributed by atoms with van der Waals surface area (Å²) in [7, 11) is 0. The van der Waals surface area contributed by atoms with Gasteiger partial charge in [-0.25, -0.2) is 0 Å². The highest BCUT2D eigenvalue weighted by molar-refractivity contribution is 4.95. The molecule has 1 aliphatic heterocycles. The Balaban J connectivity index is 1.96. The monoisotopic (exact) mass is 154 g/mol. The minimum absolute atomic E-state index is 0.551. The highest BCUT2D eigenvalue weighted by atomic mass is 16.5. The molecule has 0 aromatic rings. The summed E-state index contributed by atoms with van der Waals surface area (Å²) in [6, 6.07) is 0. The van der Waals surface area contributed by atoms with Crippen LogP contribution in [0.4, 0.5) is 0 Å². The molecule has 2 rings (SSSR count). The molecule has 0 aromatic carbocycles. The van der Waals surface area contributed by atoms with Crippen molar-refractivity contribution in [3.05, 3.63) is 0 Å². The van der Waals surface area contributed by atoms with Gasteiger partial charge in [0.15, 0.2) is 0 Å². The second-order valence-corrected chi connectivity index (χ2v) is 4.50. The number of ether oxygens (including phenoxy) is 1. The van der Waals surface area contributed by atoms with Crippen molar-refractivity contribution in [2.24, 2.45) is 11.3 Å². The van der Waals surface area contributed by atoms with Gasteiger partial charge in [0.2, 0.25) is 0 Å². The highest BCUT2D eigenvalue weighted by Gasteiger charge is 2.46. The van der Waals surface area contributed by atoms with Crippen molar-refractivity contribution in [3.8, 4) is 0 Å². The van der Waals surface area contributed by atoms with Gasteiger partial charge in [-0.05, 0) is 25.7 Å². The van der Waals surface area contributed by atoms with Crippen molar-refractivity contribution >= 4 is 0 Å². The minimum atomic E-state index is 0.551. The Labute approximate surface area is 69.1 Å². The molecule has 0 unspecified atom stereocenters. The van der Waals surface area contributed by atoms with E-state index >= 15 is 0 Å². The summed E-state index contributed by atoms with van der Waals surface area (Å²) in [5.41, 5.74) is 0.618. The van der Waals surface area contributed by atoms with Gasteiger partial charge in [0.05, 0.1) is 12.7 Å². The predicted molar refractivity (Wildman–Crippen MR) is 45.5 cm³/mol. The molecule has 1 heterocycles. The maximum absolute atomic E-state index is 5.46. The fourth-order valence-corrected chi connectivity index (χ4v) is 2.37. The Bertz CT molecular complexity index is 145. The molecule has 0 aromatic heterocycles. The molecule has 11 heavy (non-hydrogen) atoms. The normalized spacial score (nSPS) is 50.7. The third-order valence-corrected chi connectivity index (χ3v) is 3.75. The van der Waals surface area contributed by atoms with Crippen LogP contribution in [-0.2, 0) is 4.74 Å². The van der Waals surface area contributed by atoms with E-state index in [1.54, 1.807) is 0 Å². The van der Waals surface area contributed by atoms with Gasteiger partial charge in [0.25, 0.3) is 0 Å². The Hall–Kier alpha value is -0.0400. The molecule has 2 aliphatic rings. The number of hydrogen-bond acceptors (Lipinski definition) is 1. The van der Waals surface area contributed by atoms with Crippen LogP contribution in [0, 0.1) is 11.3 Å². The van der Waals surface area contributed by atoms with E-state index in [9.17, 15) is 0 Å². The summed E-state index contributed by atoms with van der Waals surface area (Å²) >= 11 is 0. The maximum atomic E-state index is 5.46. The molecule has 1 saturated carbocycles. The lowest BCUT2D eigenvalue weighted by Gasteiger charge is -2.51. The zero-order valence-corrected chi connectivity index (χ0v) is 7.60. The van der Waals surface area contributed by atoms with E-state index in [1.165, 1.54) is 25.7 Å². The Morgan fingerprint density at radius 3 is 2.18 bits per heavy atom. The fourth-order valence-electron chi connectivity index (χ4n) is 2.37. The molecule has 0 amide bonds. The standard InChI is InChI=1S/C10H18O/c1-8-3-5-10(6-4-8)7-11-9(10)2/h8-9H,3-7H2,1-2H3/t8?,9-,10?/m1/s1. The number of rotatable bonds is 0. The van der Waals surface area contributed by atoms with E-state index in [2.05, 4.69) is 13.8 Å². The average molecular weight is 154 g/mol. The van der Waals surface area contributed by atoms with E-state index in [0.29, 0.717) is 11.5 Å². The van der Waals surface area contributed by atoms with Crippen molar-refractivity contribution < 1.29 is 4.74 Å². The highest BCUT2D eigenvalue weighted by Crippen LogP contribution is 2.48. The minimum Gasteiger partial charge on any atom is -0.377 e. The average Bonchev–Trinajstić information content (AvgIpc) is 2.03. The van der Waals surface area contributed by atoms with Crippen molar-refractivity contribution in [1.29, 1.82) is 0 Å². The summed E-state index contributed by atoms with van der Waals surface area (Å²) in [6.07, 6.45) is 6.22. The van der Waals surface area contributed by atoms with Crippen molar-refractivity contribution in [3.63, 3.8) is 0 Å². The third kappa shape index (κ3) is 1.10. The van der Waals surface area contributed by atoms with Gasteiger partial charge >= 0.3 is 0 Å². The predicted octanol–water partition coefficient (Wildman–Crippen LogP) is 2.60. The summed E-state index contributed by atoms with van der Waals surface area (Å²) in [5, 5.41) is 0. The molecule has 64 valence electrons. The van der Waals surface area contributed by atoms with Crippen LogP contribution in [0.1, 0.15) is 39.5 Å². The van der Waals surface area contributed by atoms with Crippen LogP contribution in [0.2, 0.25) is 0 Å². The van der Waals surface area contributed by atoms with Crippen LogP contribution in [0.3, 0.4) is 0 Å². The van der Waals surface area contributed by atoms with Gasteiger partial charge in [0, 0.05) is 5.41 Å². The van der Waals surface area contributed by atoms with Crippen LogP contribution < -0.4 is 0 Å². The molecule has 0 N–H and O–H groups in total. The molecule has 1 spiro atoms. The van der Waals surface area contributed by atoms with E-state index in [-0.39, 0.29) is 0 Å². The zero-order valence-electron chi connectivity index (χ0n) is 7.60. The summed E-state index contributed by atoms with van der Waals surface area (Å²) in [5.74, 6) is 0.966. The second-order valence-electron chi connectivity index (χ2n) is 4.50. The lowest BCUT2D eigenvalue weighted by Crippen LogP contribution is -2.51. The smallest absolute Gasteiger partial charge is 0.0625 e. The second kappa shape index (κ2) is 2.48. The molecular formula is C10H18O. The van der Waals surface area contributed by atoms with Gasteiger partial charge in [-0.3, -0.25) is 0 Å². The van der Waals surface area contributed by atoms with Crippen LogP contribution in [-0.4, -0.2) is 12.7 Å². The first-order chi connectivity index (χ1) is 5.23. The Morgan fingerprint density at radius 1 is 1.18 bits per heavy atom. The lowest BCUT2D eigenvalue weighted by molar-refractivity contribution is -0.195. The van der Waals surface area contributed by atoms with Gasteiger partial charge in [-0.15, -0.1) is 0 Å². The van der Waals surface area contributed by atoms with Crippen LogP contribution in [0.5, 0.6) is 0 Å². The molecule has 1 atom stereocenters. The molecule has 1 nitrogen and oxygen atoms in total. The molecule has 1 aliphatic carbocycles. The van der Waals surface area contributed by atoms with Gasteiger partial charge in [0.1, 0.15) is 0 Å². The van der Waals surface area contributed by atoms with Crippen LogP contribution >= 0.6 is 0 Å². The molecule has 0 radical (unpaired) electrons. The fraction of sp³-hybridized carbons (Fsp3) is 1.00. The largest absolute Gasteiger partial charge is 0.377 e. The molecule has 1 heteroatoms. The summed E-state index contributed by atoms with van der Waals surface area (Å²) < 4.78 is 5.46. The first-order valence-corrected chi connectivity index (χ1v) is 4.84.